The lowest BCUT2D eigenvalue weighted by Crippen LogP contribution is -2.07. The largest absolute Gasteiger partial charge is 0.376 e. The maximum absolute atomic E-state index is 13.1. The summed E-state index contributed by atoms with van der Waals surface area (Å²) in [6.07, 6.45) is 3.54. The Labute approximate surface area is 104 Å². The third-order valence-electron chi connectivity index (χ3n) is 2.73. The Morgan fingerprint density at radius 2 is 1.94 bits per heavy atom. The van der Waals surface area contributed by atoms with Gasteiger partial charge >= 0.3 is 0 Å². The van der Waals surface area contributed by atoms with Crippen molar-refractivity contribution in [1.29, 1.82) is 0 Å². The molecule has 96 valence electrons. The van der Waals surface area contributed by atoms with Crippen LogP contribution in [0.25, 0.3) is 0 Å². The number of rotatable bonds is 4. The second kappa shape index (κ2) is 5.16. The van der Waals surface area contributed by atoms with Crippen LogP contribution in [-0.4, -0.2) is 9.78 Å². The average Bonchev–Trinajstić information content (AvgIpc) is 2.75. The molecule has 2 rings (SSSR count). The SMILES string of the molecule is CCn1cc(NC(C)c2cc(F)cc(F)c2)cn1. The van der Waals surface area contributed by atoms with Gasteiger partial charge in [-0.3, -0.25) is 4.68 Å². The molecule has 0 saturated carbocycles. The van der Waals surface area contributed by atoms with Crippen molar-refractivity contribution < 1.29 is 8.78 Å². The number of anilines is 1. The molecule has 1 N–H and O–H groups in total. The molecule has 1 atom stereocenters. The van der Waals surface area contributed by atoms with Crippen molar-refractivity contribution in [3.63, 3.8) is 0 Å². The molecule has 2 aromatic rings. The minimum atomic E-state index is -0.567. The standard InChI is InChI=1S/C13H15F2N3/c1-3-18-8-13(7-16-18)17-9(2)10-4-11(14)6-12(15)5-10/h4-9,17H,3H2,1-2H3. The van der Waals surface area contributed by atoms with Crippen molar-refractivity contribution in [1.82, 2.24) is 9.78 Å². The van der Waals surface area contributed by atoms with E-state index >= 15 is 0 Å². The summed E-state index contributed by atoms with van der Waals surface area (Å²) in [5, 5.41) is 7.27. The van der Waals surface area contributed by atoms with Crippen LogP contribution in [-0.2, 0) is 6.54 Å². The van der Waals surface area contributed by atoms with Crippen LogP contribution in [0.3, 0.4) is 0 Å². The van der Waals surface area contributed by atoms with E-state index in [1.165, 1.54) is 12.1 Å². The van der Waals surface area contributed by atoms with E-state index in [2.05, 4.69) is 10.4 Å². The summed E-state index contributed by atoms with van der Waals surface area (Å²) < 4.78 is 28.0. The van der Waals surface area contributed by atoms with Crippen molar-refractivity contribution in [2.75, 3.05) is 5.32 Å². The summed E-state index contributed by atoms with van der Waals surface area (Å²) in [5.74, 6) is -1.13. The lowest BCUT2D eigenvalue weighted by Gasteiger charge is -2.14. The number of aromatic nitrogens is 2. The molecule has 0 saturated heterocycles. The number of halogens is 2. The molecule has 3 nitrogen and oxygen atoms in total. The molecule has 0 fully saturated rings. The molecule has 1 unspecified atom stereocenters. The number of aryl methyl sites for hydroxylation is 1. The first-order valence-electron chi connectivity index (χ1n) is 5.83. The Morgan fingerprint density at radius 3 is 2.50 bits per heavy atom. The first kappa shape index (κ1) is 12.5. The van der Waals surface area contributed by atoms with E-state index in [4.69, 9.17) is 0 Å². The van der Waals surface area contributed by atoms with Gasteiger partial charge in [-0.05, 0) is 31.5 Å². The highest BCUT2D eigenvalue weighted by molar-refractivity contribution is 5.41. The lowest BCUT2D eigenvalue weighted by molar-refractivity contribution is 0.577. The number of benzene rings is 1. The molecule has 0 bridgehead atoms. The van der Waals surface area contributed by atoms with Crippen LogP contribution < -0.4 is 5.32 Å². The van der Waals surface area contributed by atoms with Gasteiger partial charge in [0.1, 0.15) is 11.6 Å². The monoisotopic (exact) mass is 251 g/mol. The first-order chi connectivity index (χ1) is 8.58. The summed E-state index contributed by atoms with van der Waals surface area (Å²) in [6, 6.07) is 3.33. The van der Waals surface area contributed by atoms with E-state index < -0.39 is 11.6 Å². The summed E-state index contributed by atoms with van der Waals surface area (Å²) in [5.41, 5.74) is 1.39. The zero-order valence-corrected chi connectivity index (χ0v) is 10.3. The molecule has 0 aliphatic rings. The molecule has 5 heteroatoms. The third kappa shape index (κ3) is 2.85. The second-order valence-electron chi connectivity index (χ2n) is 4.15. The summed E-state index contributed by atoms with van der Waals surface area (Å²) >= 11 is 0. The molecule has 1 aromatic carbocycles. The van der Waals surface area contributed by atoms with Crippen molar-refractivity contribution in [2.24, 2.45) is 0 Å². The van der Waals surface area contributed by atoms with Gasteiger partial charge in [0.2, 0.25) is 0 Å². The second-order valence-corrected chi connectivity index (χ2v) is 4.15. The number of hydrogen-bond donors (Lipinski definition) is 1. The van der Waals surface area contributed by atoms with Gasteiger partial charge in [0.25, 0.3) is 0 Å². The highest BCUT2D eigenvalue weighted by Gasteiger charge is 2.09. The maximum atomic E-state index is 13.1. The number of hydrogen-bond acceptors (Lipinski definition) is 2. The van der Waals surface area contributed by atoms with Gasteiger partial charge in [0, 0.05) is 24.8 Å². The zero-order valence-electron chi connectivity index (χ0n) is 10.3. The van der Waals surface area contributed by atoms with E-state index in [0.29, 0.717) is 5.56 Å². The Balaban J connectivity index is 2.13. The topological polar surface area (TPSA) is 29.9 Å². The highest BCUT2D eigenvalue weighted by Crippen LogP contribution is 2.20. The molecule has 18 heavy (non-hydrogen) atoms. The summed E-state index contributed by atoms with van der Waals surface area (Å²) in [4.78, 5) is 0. The molecule has 1 aromatic heterocycles. The van der Waals surface area contributed by atoms with E-state index in [-0.39, 0.29) is 6.04 Å². The number of nitrogens with zero attached hydrogens (tertiary/aromatic N) is 2. The highest BCUT2D eigenvalue weighted by atomic mass is 19.1. The Morgan fingerprint density at radius 1 is 1.28 bits per heavy atom. The van der Waals surface area contributed by atoms with Crippen LogP contribution in [0.15, 0.2) is 30.6 Å². The fourth-order valence-electron chi connectivity index (χ4n) is 1.77. The van der Waals surface area contributed by atoms with Crippen LogP contribution >= 0.6 is 0 Å². The van der Waals surface area contributed by atoms with Crippen LogP contribution in [0, 0.1) is 11.6 Å². The van der Waals surface area contributed by atoms with Crippen LogP contribution in [0.1, 0.15) is 25.5 Å². The summed E-state index contributed by atoms with van der Waals surface area (Å²) in [7, 11) is 0. The molecule has 0 amide bonds. The van der Waals surface area contributed by atoms with Gasteiger partial charge in [-0.1, -0.05) is 0 Å². The quantitative estimate of drug-likeness (QED) is 0.903. The lowest BCUT2D eigenvalue weighted by atomic mass is 10.1. The zero-order chi connectivity index (χ0) is 13.1. The Hall–Kier alpha value is -1.91. The van der Waals surface area contributed by atoms with E-state index in [0.717, 1.165) is 18.3 Å². The van der Waals surface area contributed by atoms with Gasteiger partial charge < -0.3 is 5.32 Å². The fraction of sp³-hybridized carbons (Fsp3) is 0.308. The molecular formula is C13H15F2N3. The molecule has 0 spiro atoms. The van der Waals surface area contributed by atoms with Crippen molar-refractivity contribution in [3.05, 3.63) is 47.8 Å². The van der Waals surface area contributed by atoms with Gasteiger partial charge in [0.15, 0.2) is 0 Å². The van der Waals surface area contributed by atoms with Crippen molar-refractivity contribution in [2.45, 2.75) is 26.4 Å². The number of nitrogens with one attached hydrogen (secondary N) is 1. The van der Waals surface area contributed by atoms with Gasteiger partial charge in [-0.15, -0.1) is 0 Å². The van der Waals surface area contributed by atoms with Gasteiger partial charge in [-0.2, -0.15) is 5.10 Å². The average molecular weight is 251 g/mol. The predicted molar refractivity (Wildman–Crippen MR) is 66.3 cm³/mol. The fourth-order valence-corrected chi connectivity index (χ4v) is 1.77. The van der Waals surface area contributed by atoms with Crippen LogP contribution in [0.5, 0.6) is 0 Å². The minimum Gasteiger partial charge on any atom is -0.376 e. The van der Waals surface area contributed by atoms with Gasteiger partial charge in [-0.25, -0.2) is 8.78 Å². The van der Waals surface area contributed by atoms with E-state index in [1.807, 2.05) is 20.0 Å². The van der Waals surface area contributed by atoms with E-state index in [1.54, 1.807) is 10.9 Å². The Kier molecular flexibility index (Phi) is 3.60. The maximum Gasteiger partial charge on any atom is 0.126 e. The Bertz CT molecular complexity index is 517. The van der Waals surface area contributed by atoms with Gasteiger partial charge in [0.05, 0.1) is 11.9 Å². The first-order valence-corrected chi connectivity index (χ1v) is 5.83. The van der Waals surface area contributed by atoms with Crippen LogP contribution in [0.4, 0.5) is 14.5 Å². The minimum absolute atomic E-state index is 0.190. The molecule has 0 aliphatic carbocycles. The van der Waals surface area contributed by atoms with E-state index in [9.17, 15) is 8.78 Å². The molecule has 0 aliphatic heterocycles. The van der Waals surface area contributed by atoms with Crippen molar-refractivity contribution in [3.8, 4) is 0 Å². The molecular weight excluding hydrogens is 236 g/mol. The normalized spacial score (nSPS) is 12.4. The molecule has 0 radical (unpaired) electrons. The predicted octanol–water partition coefficient (Wildman–Crippen LogP) is 3.35. The molecule has 1 heterocycles. The smallest absolute Gasteiger partial charge is 0.126 e. The summed E-state index contributed by atoms with van der Waals surface area (Å²) in [6.45, 7) is 4.62. The van der Waals surface area contributed by atoms with Crippen LogP contribution in [0.2, 0.25) is 0 Å². The van der Waals surface area contributed by atoms with Crippen molar-refractivity contribution >= 4 is 5.69 Å². The third-order valence-corrected chi connectivity index (χ3v) is 2.73.